The van der Waals surface area contributed by atoms with E-state index in [1.54, 1.807) is 6.92 Å². The van der Waals surface area contributed by atoms with E-state index in [0.29, 0.717) is 13.2 Å². The molecule has 0 aromatic heterocycles. The number of rotatable bonds is 8. The van der Waals surface area contributed by atoms with E-state index >= 15 is 0 Å². The summed E-state index contributed by atoms with van der Waals surface area (Å²) in [6.07, 6.45) is 1.50. The van der Waals surface area contributed by atoms with Gasteiger partial charge in [0.2, 0.25) is 0 Å². The van der Waals surface area contributed by atoms with Gasteiger partial charge in [0.1, 0.15) is 0 Å². The van der Waals surface area contributed by atoms with Crippen molar-refractivity contribution in [1.29, 1.82) is 0 Å². The highest BCUT2D eigenvalue weighted by molar-refractivity contribution is 4.34. The molecule has 0 aromatic rings. The maximum atomic E-state index is 8.70. The Morgan fingerprint density at radius 2 is 2.17 bits per heavy atom. The Hall–Kier alpha value is -0.160. The predicted octanol–water partition coefficient (Wildman–Crippen LogP) is 0.663. The summed E-state index contributed by atoms with van der Waals surface area (Å²) in [4.78, 5) is 5.04. The number of hydrogen-bond acceptors (Lipinski definition) is 4. The van der Waals surface area contributed by atoms with Gasteiger partial charge in [0.15, 0.2) is 6.29 Å². The van der Waals surface area contributed by atoms with Crippen molar-refractivity contribution in [1.82, 2.24) is 5.48 Å². The number of hydroxylamine groups is 1. The monoisotopic (exact) mass is 177 g/mol. The lowest BCUT2D eigenvalue weighted by atomic mass is 10.4. The molecule has 1 atom stereocenters. The van der Waals surface area contributed by atoms with Crippen LogP contribution < -0.4 is 5.48 Å². The lowest BCUT2D eigenvalue weighted by Gasteiger charge is -2.07. The molecule has 0 aromatic carbocycles. The molecule has 4 heteroatoms. The van der Waals surface area contributed by atoms with Crippen molar-refractivity contribution in [2.75, 3.05) is 19.8 Å². The smallest absolute Gasteiger partial charge is 0.151 e. The normalized spacial score (nSPS) is 13.2. The van der Waals surface area contributed by atoms with Crippen LogP contribution in [0.3, 0.4) is 0 Å². The van der Waals surface area contributed by atoms with E-state index in [-0.39, 0.29) is 0 Å². The third kappa shape index (κ3) is 9.84. The molecule has 0 rings (SSSR count). The zero-order valence-electron chi connectivity index (χ0n) is 7.88. The standard InChI is InChI=1S/C8H19NO3/c1-3-4-6-12-9-5-7-11-8(2)10/h8-10H,3-7H2,1-2H3. The van der Waals surface area contributed by atoms with Crippen molar-refractivity contribution < 1.29 is 14.7 Å². The third-order valence-corrected chi connectivity index (χ3v) is 1.27. The summed E-state index contributed by atoms with van der Waals surface area (Å²) in [5.74, 6) is 0. The minimum absolute atomic E-state index is 0.462. The SMILES string of the molecule is CCCCONCCOC(C)O. The number of aliphatic hydroxyl groups excluding tert-OH is 1. The minimum Gasteiger partial charge on any atom is -0.368 e. The van der Waals surface area contributed by atoms with Crippen LogP contribution in [0.1, 0.15) is 26.7 Å². The van der Waals surface area contributed by atoms with Gasteiger partial charge >= 0.3 is 0 Å². The van der Waals surface area contributed by atoms with Gasteiger partial charge in [-0.25, -0.2) is 5.48 Å². The van der Waals surface area contributed by atoms with E-state index in [4.69, 9.17) is 14.7 Å². The molecule has 0 amide bonds. The molecule has 74 valence electrons. The first-order chi connectivity index (χ1) is 5.77. The van der Waals surface area contributed by atoms with Crippen LogP contribution in [-0.2, 0) is 9.57 Å². The van der Waals surface area contributed by atoms with Crippen molar-refractivity contribution >= 4 is 0 Å². The number of unbranched alkanes of at least 4 members (excludes halogenated alkanes) is 1. The van der Waals surface area contributed by atoms with Gasteiger partial charge in [-0.3, -0.25) is 0 Å². The molecule has 0 aliphatic heterocycles. The third-order valence-electron chi connectivity index (χ3n) is 1.27. The van der Waals surface area contributed by atoms with E-state index in [9.17, 15) is 0 Å². The zero-order chi connectivity index (χ0) is 9.23. The molecule has 0 radical (unpaired) electrons. The zero-order valence-corrected chi connectivity index (χ0v) is 7.88. The van der Waals surface area contributed by atoms with Crippen LogP contribution in [0.5, 0.6) is 0 Å². The second-order valence-electron chi connectivity index (χ2n) is 2.57. The molecule has 0 aliphatic carbocycles. The van der Waals surface area contributed by atoms with Crippen molar-refractivity contribution in [3.8, 4) is 0 Å². The molecule has 0 bridgehead atoms. The van der Waals surface area contributed by atoms with E-state index in [1.165, 1.54) is 0 Å². The Balaban J connectivity index is 2.82. The summed E-state index contributed by atoms with van der Waals surface area (Å²) in [7, 11) is 0. The van der Waals surface area contributed by atoms with E-state index in [1.807, 2.05) is 0 Å². The highest BCUT2D eigenvalue weighted by Crippen LogP contribution is 1.85. The molecule has 0 saturated heterocycles. The Labute approximate surface area is 73.8 Å². The first-order valence-corrected chi connectivity index (χ1v) is 4.41. The maximum absolute atomic E-state index is 8.70. The van der Waals surface area contributed by atoms with E-state index < -0.39 is 6.29 Å². The second-order valence-corrected chi connectivity index (χ2v) is 2.57. The summed E-state index contributed by atoms with van der Waals surface area (Å²) in [6.45, 7) is 5.49. The fourth-order valence-electron chi connectivity index (χ4n) is 0.632. The van der Waals surface area contributed by atoms with Crippen molar-refractivity contribution in [3.05, 3.63) is 0 Å². The van der Waals surface area contributed by atoms with Crippen LogP contribution >= 0.6 is 0 Å². The largest absolute Gasteiger partial charge is 0.368 e. The number of nitrogens with one attached hydrogen (secondary N) is 1. The molecular formula is C8H19NO3. The van der Waals surface area contributed by atoms with Crippen molar-refractivity contribution in [2.24, 2.45) is 0 Å². The lowest BCUT2D eigenvalue weighted by Crippen LogP contribution is -2.22. The van der Waals surface area contributed by atoms with Gasteiger partial charge in [-0.2, -0.15) is 0 Å². The summed E-state index contributed by atoms with van der Waals surface area (Å²) in [5.41, 5.74) is 2.74. The quantitative estimate of drug-likeness (QED) is 0.325. The van der Waals surface area contributed by atoms with Crippen molar-refractivity contribution in [3.63, 3.8) is 0 Å². The molecular weight excluding hydrogens is 158 g/mol. The Bertz CT molecular complexity index is 88.4. The summed E-state index contributed by atoms with van der Waals surface area (Å²) in [5, 5.41) is 8.70. The highest BCUT2D eigenvalue weighted by Gasteiger charge is 1.92. The van der Waals surface area contributed by atoms with Crippen LogP contribution in [-0.4, -0.2) is 31.2 Å². The number of aliphatic hydroxyl groups is 1. The first kappa shape index (κ1) is 11.8. The van der Waals surface area contributed by atoms with Gasteiger partial charge in [0.25, 0.3) is 0 Å². The van der Waals surface area contributed by atoms with Crippen LogP contribution in [0.15, 0.2) is 0 Å². The first-order valence-electron chi connectivity index (χ1n) is 4.41. The molecule has 0 fully saturated rings. The maximum Gasteiger partial charge on any atom is 0.151 e. The predicted molar refractivity (Wildman–Crippen MR) is 46.5 cm³/mol. The Morgan fingerprint density at radius 1 is 1.42 bits per heavy atom. The Morgan fingerprint density at radius 3 is 2.75 bits per heavy atom. The van der Waals surface area contributed by atoms with Crippen LogP contribution in [0.4, 0.5) is 0 Å². The lowest BCUT2D eigenvalue weighted by molar-refractivity contribution is -0.0922. The molecule has 12 heavy (non-hydrogen) atoms. The number of ether oxygens (including phenoxy) is 1. The van der Waals surface area contributed by atoms with Gasteiger partial charge in [-0.15, -0.1) is 0 Å². The van der Waals surface area contributed by atoms with Gasteiger partial charge in [-0.1, -0.05) is 13.3 Å². The molecule has 4 nitrogen and oxygen atoms in total. The number of hydrogen-bond donors (Lipinski definition) is 2. The van der Waals surface area contributed by atoms with Crippen LogP contribution in [0, 0.1) is 0 Å². The van der Waals surface area contributed by atoms with Crippen molar-refractivity contribution in [2.45, 2.75) is 33.0 Å². The fraction of sp³-hybridized carbons (Fsp3) is 1.00. The van der Waals surface area contributed by atoms with Gasteiger partial charge in [-0.05, 0) is 13.3 Å². The van der Waals surface area contributed by atoms with Crippen LogP contribution in [0.25, 0.3) is 0 Å². The van der Waals surface area contributed by atoms with Gasteiger partial charge in [0.05, 0.1) is 13.2 Å². The topological polar surface area (TPSA) is 50.7 Å². The molecule has 2 N–H and O–H groups in total. The molecule has 0 aliphatic rings. The molecule has 1 unspecified atom stereocenters. The minimum atomic E-state index is -0.692. The molecule has 0 heterocycles. The Kier molecular flexibility index (Phi) is 8.81. The fourth-order valence-corrected chi connectivity index (χ4v) is 0.632. The molecule has 0 saturated carbocycles. The highest BCUT2D eigenvalue weighted by atomic mass is 16.6. The molecule has 0 spiro atoms. The van der Waals surface area contributed by atoms with Gasteiger partial charge < -0.3 is 14.7 Å². The average Bonchev–Trinajstić information content (AvgIpc) is 2.02. The summed E-state index contributed by atoms with van der Waals surface area (Å²) >= 11 is 0. The van der Waals surface area contributed by atoms with E-state index in [2.05, 4.69) is 12.4 Å². The van der Waals surface area contributed by atoms with E-state index in [0.717, 1.165) is 19.4 Å². The summed E-state index contributed by atoms with van der Waals surface area (Å²) < 4.78 is 4.86. The average molecular weight is 177 g/mol. The van der Waals surface area contributed by atoms with Gasteiger partial charge in [0, 0.05) is 6.54 Å². The summed E-state index contributed by atoms with van der Waals surface area (Å²) in [6, 6.07) is 0. The van der Waals surface area contributed by atoms with Crippen LogP contribution in [0.2, 0.25) is 0 Å². The second kappa shape index (κ2) is 8.93.